The van der Waals surface area contributed by atoms with Crippen molar-refractivity contribution >= 4 is 15.8 Å². The van der Waals surface area contributed by atoms with Crippen LogP contribution >= 0.6 is 0 Å². The highest BCUT2D eigenvalue weighted by Crippen LogP contribution is 2.25. The van der Waals surface area contributed by atoms with Crippen LogP contribution in [-0.2, 0) is 21.4 Å². The van der Waals surface area contributed by atoms with E-state index in [1.807, 2.05) is 12.1 Å². The third-order valence-electron chi connectivity index (χ3n) is 6.72. The highest BCUT2D eigenvalue weighted by atomic mass is 32.2. The number of nitrogens with zero attached hydrogens (tertiary/aromatic N) is 3. The second-order valence-electron chi connectivity index (χ2n) is 8.83. The van der Waals surface area contributed by atoms with Gasteiger partial charge in [-0.1, -0.05) is 49.4 Å². The molecule has 0 bridgehead atoms. The number of sulfonamides is 1. The van der Waals surface area contributed by atoms with E-state index in [-0.39, 0.29) is 17.2 Å². The molecule has 1 saturated heterocycles. The van der Waals surface area contributed by atoms with Gasteiger partial charge in [0.1, 0.15) is 0 Å². The second kappa shape index (κ2) is 10.3. The number of hydrogen-bond donors (Lipinski definition) is 0. The van der Waals surface area contributed by atoms with Gasteiger partial charge in [0.2, 0.25) is 10.0 Å². The van der Waals surface area contributed by atoms with E-state index in [1.54, 1.807) is 18.2 Å². The molecule has 2 heterocycles. The van der Waals surface area contributed by atoms with Gasteiger partial charge in [0.25, 0.3) is 0 Å². The summed E-state index contributed by atoms with van der Waals surface area (Å²) in [7, 11) is -3.57. The summed E-state index contributed by atoms with van der Waals surface area (Å²) in [4.78, 5) is 16.8. The Morgan fingerprint density at radius 1 is 0.848 bits per heavy atom. The number of piperazine rings is 1. The molecular weight excluding hydrogens is 434 g/mol. The molecule has 6 nitrogen and oxygen atoms in total. The van der Waals surface area contributed by atoms with Crippen molar-refractivity contribution in [1.29, 1.82) is 0 Å². The van der Waals surface area contributed by atoms with Crippen molar-refractivity contribution in [2.45, 2.75) is 31.7 Å². The minimum atomic E-state index is -3.57. The van der Waals surface area contributed by atoms with E-state index in [0.717, 1.165) is 50.4 Å². The first-order valence-corrected chi connectivity index (χ1v) is 13.1. The van der Waals surface area contributed by atoms with Crippen LogP contribution in [0.2, 0.25) is 0 Å². The molecule has 7 heteroatoms. The number of likely N-dealkylation sites (N-methyl/N-ethyl adjacent to an activating group) is 1. The van der Waals surface area contributed by atoms with Gasteiger partial charge >= 0.3 is 0 Å². The number of benzene rings is 2. The van der Waals surface area contributed by atoms with Crippen molar-refractivity contribution < 1.29 is 13.2 Å². The average Bonchev–Trinajstić information content (AvgIpc) is 2.85. The van der Waals surface area contributed by atoms with Gasteiger partial charge in [-0.3, -0.25) is 9.69 Å². The molecule has 0 aromatic heterocycles. The number of carbonyl (C=O) groups is 1. The molecule has 0 unspecified atom stereocenters. The topological polar surface area (TPSA) is 60.9 Å². The summed E-state index contributed by atoms with van der Waals surface area (Å²) in [5, 5.41) is 0. The predicted molar refractivity (Wildman–Crippen MR) is 131 cm³/mol. The molecular formula is C26H33N3O3S. The standard InChI is InChI=1S/C26H33N3O3S/c1-3-27-16-18-28(19-17-27)20-22-4-6-24(7-5-22)25-8-10-26(11-9-25)33(31,32)29-14-12-23(13-15-29)21(2)30/h4-12H,3,13-20H2,1-2H3. The normalized spacial score (nSPS) is 18.8. The summed E-state index contributed by atoms with van der Waals surface area (Å²) in [6, 6.07) is 15.6. The molecule has 2 aliphatic heterocycles. The Hall–Kier alpha value is -2.32. The minimum Gasteiger partial charge on any atom is -0.301 e. The maximum Gasteiger partial charge on any atom is 0.243 e. The lowest BCUT2D eigenvalue weighted by molar-refractivity contribution is -0.113. The van der Waals surface area contributed by atoms with Crippen LogP contribution in [0.25, 0.3) is 11.1 Å². The van der Waals surface area contributed by atoms with E-state index < -0.39 is 10.0 Å². The lowest BCUT2D eigenvalue weighted by Gasteiger charge is -2.34. The van der Waals surface area contributed by atoms with Crippen LogP contribution in [-0.4, -0.2) is 74.1 Å². The fourth-order valence-corrected chi connectivity index (χ4v) is 5.86. The van der Waals surface area contributed by atoms with E-state index >= 15 is 0 Å². The molecule has 2 aromatic rings. The number of rotatable bonds is 7. The Morgan fingerprint density at radius 2 is 1.42 bits per heavy atom. The van der Waals surface area contributed by atoms with E-state index in [0.29, 0.717) is 18.5 Å². The van der Waals surface area contributed by atoms with Crippen molar-refractivity contribution in [3.8, 4) is 11.1 Å². The molecule has 0 atom stereocenters. The molecule has 33 heavy (non-hydrogen) atoms. The van der Waals surface area contributed by atoms with Crippen molar-refractivity contribution in [1.82, 2.24) is 14.1 Å². The summed E-state index contributed by atoms with van der Waals surface area (Å²) in [6.45, 7) is 10.9. The largest absolute Gasteiger partial charge is 0.301 e. The third kappa shape index (κ3) is 5.61. The maximum absolute atomic E-state index is 13.0. The third-order valence-corrected chi connectivity index (χ3v) is 8.60. The van der Waals surface area contributed by atoms with Crippen molar-refractivity contribution in [2.75, 3.05) is 45.8 Å². The van der Waals surface area contributed by atoms with Crippen molar-refractivity contribution in [3.63, 3.8) is 0 Å². The first-order valence-electron chi connectivity index (χ1n) is 11.7. The van der Waals surface area contributed by atoms with Gasteiger partial charge in [-0.05, 0) is 54.3 Å². The second-order valence-corrected chi connectivity index (χ2v) is 10.8. The summed E-state index contributed by atoms with van der Waals surface area (Å²) in [5.74, 6) is 0.0153. The molecule has 0 saturated carbocycles. The number of Topliss-reactive ketones (excluding diaryl/α,β-unsaturated/α-hetero) is 1. The van der Waals surface area contributed by atoms with Crippen LogP contribution in [0.4, 0.5) is 0 Å². The van der Waals surface area contributed by atoms with Gasteiger partial charge in [0.05, 0.1) is 4.90 Å². The fourth-order valence-electron chi connectivity index (χ4n) is 4.48. The monoisotopic (exact) mass is 467 g/mol. The Bertz CT molecular complexity index is 1100. The fraction of sp³-hybridized carbons (Fsp3) is 0.423. The molecule has 0 N–H and O–H groups in total. The van der Waals surface area contributed by atoms with Crippen molar-refractivity contribution in [3.05, 3.63) is 65.7 Å². The summed E-state index contributed by atoms with van der Waals surface area (Å²) in [5.41, 5.74) is 4.08. The van der Waals surface area contributed by atoms with Crippen LogP contribution in [0, 0.1) is 0 Å². The first kappa shape index (κ1) is 23.8. The van der Waals surface area contributed by atoms with Crippen LogP contribution in [0.1, 0.15) is 25.8 Å². The van der Waals surface area contributed by atoms with E-state index in [9.17, 15) is 13.2 Å². The Balaban J connectivity index is 1.39. The lowest BCUT2D eigenvalue weighted by Crippen LogP contribution is -2.45. The SMILES string of the molecule is CCN1CCN(Cc2ccc(-c3ccc(S(=O)(=O)N4CC=C(C(C)=O)CC4)cc3)cc2)CC1. The molecule has 2 aliphatic rings. The molecule has 4 rings (SSSR count). The smallest absolute Gasteiger partial charge is 0.243 e. The zero-order valence-electron chi connectivity index (χ0n) is 19.5. The van der Waals surface area contributed by atoms with Crippen LogP contribution in [0.3, 0.4) is 0 Å². The van der Waals surface area contributed by atoms with Crippen LogP contribution in [0.15, 0.2) is 65.1 Å². The molecule has 0 aliphatic carbocycles. The molecule has 2 aromatic carbocycles. The van der Waals surface area contributed by atoms with Crippen LogP contribution < -0.4 is 0 Å². The minimum absolute atomic E-state index is 0.0153. The molecule has 0 spiro atoms. The average molecular weight is 468 g/mol. The van der Waals surface area contributed by atoms with E-state index in [2.05, 4.69) is 41.0 Å². The van der Waals surface area contributed by atoms with Gasteiger partial charge in [0, 0.05) is 45.8 Å². The highest BCUT2D eigenvalue weighted by molar-refractivity contribution is 7.89. The Labute approximate surface area is 197 Å². The van der Waals surface area contributed by atoms with Gasteiger partial charge < -0.3 is 4.90 Å². The lowest BCUT2D eigenvalue weighted by atomic mass is 10.0. The molecule has 176 valence electrons. The summed E-state index contributed by atoms with van der Waals surface area (Å²) >= 11 is 0. The van der Waals surface area contributed by atoms with Gasteiger partial charge in [0.15, 0.2) is 5.78 Å². The zero-order valence-corrected chi connectivity index (χ0v) is 20.4. The highest BCUT2D eigenvalue weighted by Gasteiger charge is 2.26. The summed E-state index contributed by atoms with van der Waals surface area (Å²) in [6.07, 6.45) is 2.19. The molecule has 0 radical (unpaired) electrons. The summed E-state index contributed by atoms with van der Waals surface area (Å²) < 4.78 is 27.4. The molecule has 0 amide bonds. The maximum atomic E-state index is 13.0. The van der Waals surface area contributed by atoms with Crippen molar-refractivity contribution in [2.24, 2.45) is 0 Å². The van der Waals surface area contributed by atoms with Gasteiger partial charge in [-0.2, -0.15) is 4.31 Å². The number of carbonyl (C=O) groups excluding carboxylic acids is 1. The Morgan fingerprint density at radius 3 is 1.94 bits per heavy atom. The zero-order chi connectivity index (χ0) is 23.4. The number of hydrogen-bond acceptors (Lipinski definition) is 5. The quantitative estimate of drug-likeness (QED) is 0.625. The first-order chi connectivity index (χ1) is 15.9. The Kier molecular flexibility index (Phi) is 7.44. The van der Waals surface area contributed by atoms with Gasteiger partial charge in [-0.15, -0.1) is 0 Å². The molecule has 1 fully saturated rings. The predicted octanol–water partition coefficient (Wildman–Crippen LogP) is 3.40. The van der Waals surface area contributed by atoms with E-state index in [4.69, 9.17) is 0 Å². The number of ketones is 1. The van der Waals surface area contributed by atoms with Crippen LogP contribution in [0.5, 0.6) is 0 Å². The van der Waals surface area contributed by atoms with E-state index in [1.165, 1.54) is 16.8 Å². The van der Waals surface area contributed by atoms with Gasteiger partial charge in [-0.25, -0.2) is 8.42 Å².